The van der Waals surface area contributed by atoms with Crippen LogP contribution in [0, 0.1) is 0 Å². The summed E-state index contributed by atoms with van der Waals surface area (Å²) in [6.45, 7) is 1.86. The third kappa shape index (κ3) is 1.44. The molecule has 0 aliphatic carbocycles. The van der Waals surface area contributed by atoms with E-state index in [4.69, 9.17) is 0 Å². The van der Waals surface area contributed by atoms with Gasteiger partial charge in [-0.2, -0.15) is 0 Å². The van der Waals surface area contributed by atoms with Crippen LogP contribution in [0.1, 0.15) is 12.5 Å². The smallest absolute Gasteiger partial charge is 0.135 e. The van der Waals surface area contributed by atoms with Gasteiger partial charge < -0.3 is 4.84 Å². The molecule has 0 N–H and O–H groups in total. The van der Waals surface area contributed by atoms with E-state index < -0.39 is 0 Å². The van der Waals surface area contributed by atoms with E-state index in [2.05, 4.69) is 24.9 Å². The summed E-state index contributed by atoms with van der Waals surface area (Å²) >= 11 is 0. The molecule has 0 unspecified atom stereocenters. The van der Waals surface area contributed by atoms with Crippen molar-refractivity contribution in [2.24, 2.45) is 5.16 Å². The molecule has 5 nitrogen and oxygen atoms in total. The first-order valence-corrected chi connectivity index (χ1v) is 4.11. The lowest BCUT2D eigenvalue weighted by Gasteiger charge is -1.97. The number of rotatable bonds is 2. The molecule has 2 rings (SSSR count). The van der Waals surface area contributed by atoms with Crippen molar-refractivity contribution in [2.75, 3.05) is 7.11 Å². The summed E-state index contributed by atoms with van der Waals surface area (Å²) in [6, 6.07) is 5.57. The summed E-state index contributed by atoms with van der Waals surface area (Å²) in [7, 11) is 1.51. The zero-order valence-corrected chi connectivity index (χ0v) is 7.89. The minimum Gasteiger partial charge on any atom is -0.399 e. The highest BCUT2D eigenvalue weighted by molar-refractivity contribution is 6.00. The number of hydrogen-bond acceptors (Lipinski definition) is 5. The third-order valence-electron chi connectivity index (χ3n) is 1.90. The van der Waals surface area contributed by atoms with Crippen molar-refractivity contribution >= 4 is 16.7 Å². The number of oxime groups is 1. The van der Waals surface area contributed by atoms with Crippen LogP contribution in [0.2, 0.25) is 0 Å². The van der Waals surface area contributed by atoms with Crippen LogP contribution in [0.25, 0.3) is 11.0 Å². The van der Waals surface area contributed by atoms with Crippen LogP contribution in [0.4, 0.5) is 0 Å². The van der Waals surface area contributed by atoms with E-state index in [0.29, 0.717) is 5.52 Å². The van der Waals surface area contributed by atoms with E-state index in [-0.39, 0.29) is 0 Å². The minimum atomic E-state index is 0.716. The Morgan fingerprint density at radius 1 is 1.36 bits per heavy atom. The maximum Gasteiger partial charge on any atom is 0.135 e. The van der Waals surface area contributed by atoms with Gasteiger partial charge in [-0.1, -0.05) is 11.2 Å². The van der Waals surface area contributed by atoms with Gasteiger partial charge in [0.15, 0.2) is 0 Å². The molecule has 72 valence electrons. The molecule has 0 radical (unpaired) electrons. The van der Waals surface area contributed by atoms with Gasteiger partial charge in [-0.25, -0.2) is 4.63 Å². The third-order valence-corrected chi connectivity index (χ3v) is 1.90. The van der Waals surface area contributed by atoms with Gasteiger partial charge in [0.05, 0.1) is 5.71 Å². The number of benzene rings is 1. The van der Waals surface area contributed by atoms with Crippen LogP contribution in [0.15, 0.2) is 28.0 Å². The van der Waals surface area contributed by atoms with E-state index >= 15 is 0 Å². The molecule has 0 bridgehead atoms. The van der Waals surface area contributed by atoms with Crippen molar-refractivity contribution in [2.45, 2.75) is 6.92 Å². The monoisotopic (exact) mass is 191 g/mol. The normalized spacial score (nSPS) is 12.0. The number of aromatic nitrogens is 2. The molecule has 5 heteroatoms. The molecular weight excluding hydrogens is 182 g/mol. The molecule has 0 spiro atoms. The van der Waals surface area contributed by atoms with Crippen LogP contribution in [-0.4, -0.2) is 23.1 Å². The standard InChI is InChI=1S/C9H9N3O2/c1-6(10-13-2)7-3-4-8-9(5-7)12-14-11-8/h3-5H,1-2H3. The van der Waals surface area contributed by atoms with E-state index in [1.54, 1.807) is 0 Å². The SMILES string of the molecule is CON=C(C)c1ccc2nonc2c1. The molecule has 0 aliphatic heterocycles. The van der Waals surface area contributed by atoms with Gasteiger partial charge in [-0.3, -0.25) is 0 Å². The van der Waals surface area contributed by atoms with Crippen molar-refractivity contribution in [3.63, 3.8) is 0 Å². The molecule has 14 heavy (non-hydrogen) atoms. The highest BCUT2D eigenvalue weighted by Gasteiger charge is 2.03. The Kier molecular flexibility index (Phi) is 2.14. The van der Waals surface area contributed by atoms with Gasteiger partial charge in [0.25, 0.3) is 0 Å². The average Bonchev–Trinajstić information content (AvgIpc) is 2.64. The molecule has 0 aliphatic rings. The molecule has 0 atom stereocenters. The number of nitrogens with zero attached hydrogens (tertiary/aromatic N) is 3. The Hall–Kier alpha value is -1.91. The van der Waals surface area contributed by atoms with Crippen LogP contribution in [-0.2, 0) is 4.84 Å². The maximum atomic E-state index is 4.68. The molecule has 1 aromatic carbocycles. The van der Waals surface area contributed by atoms with E-state index in [0.717, 1.165) is 16.8 Å². The number of fused-ring (bicyclic) bond motifs is 1. The van der Waals surface area contributed by atoms with Gasteiger partial charge >= 0.3 is 0 Å². The Morgan fingerprint density at radius 2 is 2.14 bits per heavy atom. The second kappa shape index (κ2) is 3.45. The van der Waals surface area contributed by atoms with Gasteiger partial charge in [0.2, 0.25) is 0 Å². The predicted octanol–water partition coefficient (Wildman–Crippen LogP) is 1.59. The minimum absolute atomic E-state index is 0.716. The van der Waals surface area contributed by atoms with Crippen molar-refractivity contribution in [3.8, 4) is 0 Å². The first-order chi connectivity index (χ1) is 6.81. The zero-order valence-electron chi connectivity index (χ0n) is 7.89. The lowest BCUT2D eigenvalue weighted by molar-refractivity contribution is 0.213. The molecule has 0 saturated carbocycles. The highest BCUT2D eigenvalue weighted by Crippen LogP contribution is 2.12. The lowest BCUT2D eigenvalue weighted by Crippen LogP contribution is -1.94. The Morgan fingerprint density at radius 3 is 2.93 bits per heavy atom. The van der Waals surface area contributed by atoms with Crippen LogP contribution in [0.5, 0.6) is 0 Å². The first-order valence-electron chi connectivity index (χ1n) is 4.11. The van der Waals surface area contributed by atoms with E-state index in [1.807, 2.05) is 25.1 Å². The highest BCUT2D eigenvalue weighted by atomic mass is 16.6. The fraction of sp³-hybridized carbons (Fsp3) is 0.222. The molecule has 0 saturated heterocycles. The summed E-state index contributed by atoms with van der Waals surface area (Å²) < 4.78 is 4.59. The molecule has 1 aromatic heterocycles. The zero-order chi connectivity index (χ0) is 9.97. The number of hydrogen-bond donors (Lipinski definition) is 0. The average molecular weight is 191 g/mol. The van der Waals surface area contributed by atoms with Gasteiger partial charge in [0.1, 0.15) is 18.1 Å². The summed E-state index contributed by atoms with van der Waals surface area (Å²) in [5.74, 6) is 0. The summed E-state index contributed by atoms with van der Waals surface area (Å²) in [6.07, 6.45) is 0. The van der Waals surface area contributed by atoms with Crippen molar-refractivity contribution in [1.29, 1.82) is 0 Å². The fourth-order valence-electron chi connectivity index (χ4n) is 1.20. The van der Waals surface area contributed by atoms with Crippen molar-refractivity contribution < 1.29 is 9.47 Å². The van der Waals surface area contributed by atoms with Crippen LogP contribution in [0.3, 0.4) is 0 Å². The van der Waals surface area contributed by atoms with Crippen molar-refractivity contribution in [1.82, 2.24) is 10.3 Å². The fourth-order valence-corrected chi connectivity index (χ4v) is 1.20. The van der Waals surface area contributed by atoms with Crippen LogP contribution >= 0.6 is 0 Å². The predicted molar refractivity (Wildman–Crippen MR) is 51.0 cm³/mol. The van der Waals surface area contributed by atoms with Crippen molar-refractivity contribution in [3.05, 3.63) is 23.8 Å². The van der Waals surface area contributed by atoms with Gasteiger partial charge in [-0.15, -0.1) is 0 Å². The Labute approximate surface area is 80.3 Å². The molecule has 0 fully saturated rings. The molecule has 1 heterocycles. The summed E-state index contributed by atoms with van der Waals surface area (Å²) in [5.41, 5.74) is 3.18. The lowest BCUT2D eigenvalue weighted by atomic mass is 10.1. The first kappa shape index (κ1) is 8.68. The molecular formula is C9H9N3O2. The second-order valence-electron chi connectivity index (χ2n) is 2.83. The molecule has 2 aromatic rings. The Bertz CT molecular complexity index is 476. The second-order valence-corrected chi connectivity index (χ2v) is 2.83. The van der Waals surface area contributed by atoms with Gasteiger partial charge in [-0.05, 0) is 29.4 Å². The summed E-state index contributed by atoms with van der Waals surface area (Å²) in [4.78, 5) is 4.68. The molecule has 0 amide bonds. The van der Waals surface area contributed by atoms with Gasteiger partial charge in [0, 0.05) is 5.56 Å². The summed E-state index contributed by atoms with van der Waals surface area (Å²) in [5, 5.41) is 11.3. The van der Waals surface area contributed by atoms with Crippen LogP contribution < -0.4 is 0 Å². The van der Waals surface area contributed by atoms with E-state index in [1.165, 1.54) is 7.11 Å². The maximum absolute atomic E-state index is 4.68. The van der Waals surface area contributed by atoms with E-state index in [9.17, 15) is 0 Å². The topological polar surface area (TPSA) is 60.5 Å². The largest absolute Gasteiger partial charge is 0.399 e. The quantitative estimate of drug-likeness (QED) is 0.534. The Balaban J connectivity index is 2.48.